The van der Waals surface area contributed by atoms with Crippen molar-refractivity contribution < 1.29 is 14.0 Å². The SMILES string of the molecule is CCN(C(=O)C(=O)N[C@@H](C)c1ccccc1)[C@H](C)c1ccc(F)cc1. The van der Waals surface area contributed by atoms with Gasteiger partial charge in [0, 0.05) is 6.54 Å². The number of hydrogen-bond donors (Lipinski definition) is 1. The van der Waals surface area contributed by atoms with Crippen LogP contribution in [0.15, 0.2) is 54.6 Å². The summed E-state index contributed by atoms with van der Waals surface area (Å²) in [7, 11) is 0. The van der Waals surface area contributed by atoms with Crippen LogP contribution in [-0.2, 0) is 9.59 Å². The van der Waals surface area contributed by atoms with Crippen LogP contribution in [0.4, 0.5) is 4.39 Å². The van der Waals surface area contributed by atoms with E-state index in [1.807, 2.05) is 51.1 Å². The Morgan fingerprint density at radius 3 is 2.16 bits per heavy atom. The molecule has 2 rings (SSSR count). The third kappa shape index (κ3) is 4.66. The Hall–Kier alpha value is -2.69. The third-order valence-electron chi connectivity index (χ3n) is 4.26. The Bertz CT molecular complexity index is 716. The Balaban J connectivity index is 2.07. The maximum atomic E-state index is 13.1. The smallest absolute Gasteiger partial charge is 0.312 e. The fourth-order valence-corrected chi connectivity index (χ4v) is 2.73. The number of carbonyl (C=O) groups is 2. The zero-order valence-electron chi connectivity index (χ0n) is 14.7. The molecule has 0 heterocycles. The standard InChI is InChI=1S/C20H23FN2O2/c1-4-23(15(3)17-10-12-18(21)13-11-17)20(25)19(24)22-14(2)16-8-6-5-7-9-16/h5-15H,4H2,1-3H3,(H,22,24)/t14-,15+/m0/s1. The first-order valence-corrected chi connectivity index (χ1v) is 8.36. The summed E-state index contributed by atoms with van der Waals surface area (Å²) in [5.74, 6) is -1.57. The number of benzene rings is 2. The first kappa shape index (κ1) is 18.6. The number of amides is 2. The van der Waals surface area contributed by atoms with Gasteiger partial charge in [0.15, 0.2) is 0 Å². The van der Waals surface area contributed by atoms with Crippen LogP contribution in [0.1, 0.15) is 44.0 Å². The maximum Gasteiger partial charge on any atom is 0.312 e. The summed E-state index contributed by atoms with van der Waals surface area (Å²) in [5, 5.41) is 2.74. The highest BCUT2D eigenvalue weighted by molar-refractivity contribution is 6.35. The molecule has 0 saturated carbocycles. The lowest BCUT2D eigenvalue weighted by atomic mass is 10.1. The lowest BCUT2D eigenvalue weighted by Crippen LogP contribution is -2.44. The van der Waals surface area contributed by atoms with Crippen LogP contribution < -0.4 is 5.32 Å². The van der Waals surface area contributed by atoms with Crippen molar-refractivity contribution in [2.24, 2.45) is 0 Å². The van der Waals surface area contributed by atoms with Gasteiger partial charge in [0.05, 0.1) is 12.1 Å². The minimum atomic E-state index is -0.646. The van der Waals surface area contributed by atoms with Crippen molar-refractivity contribution in [3.63, 3.8) is 0 Å². The number of nitrogens with zero attached hydrogens (tertiary/aromatic N) is 1. The number of carbonyl (C=O) groups excluding carboxylic acids is 2. The lowest BCUT2D eigenvalue weighted by Gasteiger charge is -2.28. The second-order valence-electron chi connectivity index (χ2n) is 5.92. The van der Waals surface area contributed by atoms with Gasteiger partial charge in [-0.05, 0) is 44.0 Å². The molecule has 0 aromatic heterocycles. The Kier molecular flexibility index (Phi) is 6.28. The topological polar surface area (TPSA) is 49.4 Å². The van der Waals surface area contributed by atoms with Gasteiger partial charge in [-0.25, -0.2) is 4.39 Å². The summed E-state index contributed by atoms with van der Waals surface area (Å²) >= 11 is 0. The highest BCUT2D eigenvalue weighted by atomic mass is 19.1. The minimum absolute atomic E-state index is 0.266. The highest BCUT2D eigenvalue weighted by Crippen LogP contribution is 2.21. The zero-order valence-corrected chi connectivity index (χ0v) is 14.7. The number of hydrogen-bond acceptors (Lipinski definition) is 2. The van der Waals surface area contributed by atoms with E-state index in [1.54, 1.807) is 12.1 Å². The normalized spacial score (nSPS) is 13.0. The summed E-state index contributed by atoms with van der Waals surface area (Å²) < 4.78 is 13.1. The van der Waals surface area contributed by atoms with Crippen LogP contribution in [0.25, 0.3) is 0 Å². The van der Waals surface area contributed by atoms with Gasteiger partial charge in [-0.1, -0.05) is 42.5 Å². The number of likely N-dealkylation sites (N-methyl/N-ethyl adjacent to an activating group) is 1. The van der Waals surface area contributed by atoms with Crippen molar-refractivity contribution in [3.8, 4) is 0 Å². The van der Waals surface area contributed by atoms with E-state index in [-0.39, 0.29) is 17.9 Å². The lowest BCUT2D eigenvalue weighted by molar-refractivity contribution is -0.147. The zero-order chi connectivity index (χ0) is 18.4. The average molecular weight is 342 g/mol. The van der Waals surface area contributed by atoms with Crippen molar-refractivity contribution in [3.05, 3.63) is 71.5 Å². The Morgan fingerprint density at radius 1 is 1.00 bits per heavy atom. The fraction of sp³-hybridized carbons (Fsp3) is 0.300. The first-order valence-electron chi connectivity index (χ1n) is 8.36. The van der Waals surface area contributed by atoms with Crippen molar-refractivity contribution >= 4 is 11.8 Å². The molecule has 0 radical (unpaired) electrons. The van der Waals surface area contributed by atoms with Gasteiger partial charge in [0.1, 0.15) is 5.82 Å². The molecule has 2 aromatic carbocycles. The van der Waals surface area contributed by atoms with Gasteiger partial charge in [-0.2, -0.15) is 0 Å². The third-order valence-corrected chi connectivity index (χ3v) is 4.26. The molecule has 0 fully saturated rings. The second-order valence-corrected chi connectivity index (χ2v) is 5.92. The van der Waals surface area contributed by atoms with E-state index in [2.05, 4.69) is 5.32 Å². The quantitative estimate of drug-likeness (QED) is 0.844. The van der Waals surface area contributed by atoms with Gasteiger partial charge in [-0.3, -0.25) is 9.59 Å². The summed E-state index contributed by atoms with van der Waals surface area (Å²) in [4.78, 5) is 26.4. The van der Waals surface area contributed by atoms with E-state index < -0.39 is 11.8 Å². The molecule has 5 heteroatoms. The molecule has 132 valence electrons. The molecule has 0 aliphatic heterocycles. The molecule has 25 heavy (non-hydrogen) atoms. The number of rotatable bonds is 5. The van der Waals surface area contributed by atoms with E-state index in [1.165, 1.54) is 17.0 Å². The van der Waals surface area contributed by atoms with Crippen LogP contribution in [0.2, 0.25) is 0 Å². The van der Waals surface area contributed by atoms with Crippen molar-refractivity contribution in [2.45, 2.75) is 32.9 Å². The second kappa shape index (κ2) is 8.42. The van der Waals surface area contributed by atoms with Gasteiger partial charge < -0.3 is 10.2 Å². The van der Waals surface area contributed by atoms with Gasteiger partial charge >= 0.3 is 11.8 Å². The molecule has 0 spiro atoms. The molecular formula is C20H23FN2O2. The molecule has 0 saturated heterocycles. The molecule has 0 bridgehead atoms. The van der Waals surface area contributed by atoms with E-state index in [0.717, 1.165) is 11.1 Å². The average Bonchev–Trinajstić information content (AvgIpc) is 2.63. The van der Waals surface area contributed by atoms with E-state index in [9.17, 15) is 14.0 Å². The molecule has 0 unspecified atom stereocenters. The Morgan fingerprint density at radius 2 is 1.60 bits per heavy atom. The molecule has 2 amide bonds. The molecule has 4 nitrogen and oxygen atoms in total. The minimum Gasteiger partial charge on any atom is -0.341 e. The molecule has 0 aliphatic carbocycles. The summed E-state index contributed by atoms with van der Waals surface area (Å²) in [6, 6.07) is 14.8. The van der Waals surface area contributed by atoms with Crippen molar-refractivity contribution in [1.29, 1.82) is 0 Å². The summed E-state index contributed by atoms with van der Waals surface area (Å²) in [6.45, 7) is 5.85. The monoisotopic (exact) mass is 342 g/mol. The predicted octanol–water partition coefficient (Wildman–Crippen LogP) is 3.61. The van der Waals surface area contributed by atoms with Crippen LogP contribution in [-0.4, -0.2) is 23.3 Å². The largest absolute Gasteiger partial charge is 0.341 e. The van der Waals surface area contributed by atoms with E-state index >= 15 is 0 Å². The molecule has 2 aromatic rings. The number of nitrogens with one attached hydrogen (secondary N) is 1. The van der Waals surface area contributed by atoms with Crippen LogP contribution in [0.5, 0.6) is 0 Å². The summed E-state index contributed by atoms with van der Waals surface area (Å²) in [6.07, 6.45) is 0. The van der Waals surface area contributed by atoms with Gasteiger partial charge in [0.2, 0.25) is 0 Å². The molecule has 0 aliphatic rings. The van der Waals surface area contributed by atoms with E-state index in [0.29, 0.717) is 6.54 Å². The van der Waals surface area contributed by atoms with Gasteiger partial charge in [0.25, 0.3) is 0 Å². The van der Waals surface area contributed by atoms with Gasteiger partial charge in [-0.15, -0.1) is 0 Å². The molecule has 1 N–H and O–H groups in total. The molecular weight excluding hydrogens is 319 g/mol. The highest BCUT2D eigenvalue weighted by Gasteiger charge is 2.26. The summed E-state index contributed by atoms with van der Waals surface area (Å²) in [5.41, 5.74) is 1.71. The first-order chi connectivity index (χ1) is 11.9. The molecule has 2 atom stereocenters. The van der Waals surface area contributed by atoms with E-state index in [4.69, 9.17) is 0 Å². The fourth-order valence-electron chi connectivity index (χ4n) is 2.73. The predicted molar refractivity (Wildman–Crippen MR) is 95.2 cm³/mol. The Labute approximate surface area is 147 Å². The van der Waals surface area contributed by atoms with Crippen LogP contribution in [0.3, 0.4) is 0 Å². The van der Waals surface area contributed by atoms with Crippen molar-refractivity contribution in [2.75, 3.05) is 6.54 Å². The maximum absolute atomic E-state index is 13.1. The number of halogens is 1. The van der Waals surface area contributed by atoms with Crippen LogP contribution >= 0.6 is 0 Å². The van der Waals surface area contributed by atoms with Crippen molar-refractivity contribution in [1.82, 2.24) is 10.2 Å². The van der Waals surface area contributed by atoms with Crippen LogP contribution in [0, 0.1) is 5.82 Å².